The highest BCUT2D eigenvalue weighted by atomic mass is 32.2. The van der Waals surface area contributed by atoms with Gasteiger partial charge in [-0.3, -0.25) is 0 Å². The van der Waals surface area contributed by atoms with Crippen molar-refractivity contribution in [3.63, 3.8) is 0 Å². The molecule has 26 heavy (non-hydrogen) atoms. The normalized spacial score (nSPS) is 21.6. The molecule has 0 atom stereocenters. The van der Waals surface area contributed by atoms with Gasteiger partial charge in [-0.15, -0.1) is 0 Å². The minimum atomic E-state index is -3.08. The van der Waals surface area contributed by atoms with E-state index in [0.717, 1.165) is 38.6 Å². The van der Waals surface area contributed by atoms with Gasteiger partial charge >= 0.3 is 0 Å². The third kappa shape index (κ3) is 6.92. The van der Waals surface area contributed by atoms with Gasteiger partial charge in [0.1, 0.15) is 0 Å². The van der Waals surface area contributed by atoms with E-state index in [1.807, 2.05) is 0 Å². The van der Waals surface area contributed by atoms with Crippen molar-refractivity contribution in [3.8, 4) is 0 Å². The molecule has 1 saturated carbocycles. The number of anilines is 1. The fourth-order valence-electron chi connectivity index (χ4n) is 3.77. The first kappa shape index (κ1) is 21.2. The van der Waals surface area contributed by atoms with Gasteiger partial charge in [0, 0.05) is 25.3 Å². The van der Waals surface area contributed by atoms with E-state index in [1.165, 1.54) is 11.3 Å². The van der Waals surface area contributed by atoms with Crippen LogP contribution in [0.15, 0.2) is 24.3 Å². The maximum Gasteiger partial charge on any atom is 0.211 e. The minimum Gasteiger partial charge on any atom is -0.374 e. The molecule has 0 saturated heterocycles. The van der Waals surface area contributed by atoms with E-state index in [2.05, 4.69) is 61.7 Å². The summed E-state index contributed by atoms with van der Waals surface area (Å²) in [6.07, 6.45) is 5.16. The highest BCUT2D eigenvalue weighted by Crippen LogP contribution is 2.27. The first-order chi connectivity index (χ1) is 12.1. The van der Waals surface area contributed by atoms with Gasteiger partial charge in [0.15, 0.2) is 0 Å². The van der Waals surface area contributed by atoms with Crippen LogP contribution in [-0.4, -0.2) is 33.8 Å². The molecule has 148 valence electrons. The smallest absolute Gasteiger partial charge is 0.211 e. The zero-order chi connectivity index (χ0) is 19.4. The third-order valence-electron chi connectivity index (χ3n) is 5.22. The molecule has 1 aromatic rings. The fourth-order valence-corrected chi connectivity index (χ4v) is 4.68. The number of hydrogen-bond donors (Lipinski definition) is 1. The quantitative estimate of drug-likeness (QED) is 0.771. The lowest BCUT2D eigenvalue weighted by Crippen LogP contribution is -2.39. The Morgan fingerprint density at radius 3 is 2.15 bits per heavy atom. The van der Waals surface area contributed by atoms with Crippen LogP contribution in [0.4, 0.5) is 5.69 Å². The fraction of sp³-hybridized carbons (Fsp3) is 0.714. The van der Waals surface area contributed by atoms with Gasteiger partial charge < -0.3 is 4.90 Å². The summed E-state index contributed by atoms with van der Waals surface area (Å²) in [5, 5.41) is 0. The van der Waals surface area contributed by atoms with Crippen molar-refractivity contribution in [2.24, 2.45) is 11.3 Å². The molecule has 5 heteroatoms. The summed E-state index contributed by atoms with van der Waals surface area (Å²) < 4.78 is 26.2. The second-order valence-electron chi connectivity index (χ2n) is 9.02. The van der Waals surface area contributed by atoms with Crippen LogP contribution in [0.25, 0.3) is 0 Å². The first-order valence-corrected chi connectivity index (χ1v) is 11.5. The van der Waals surface area contributed by atoms with Gasteiger partial charge in [-0.2, -0.15) is 0 Å². The van der Waals surface area contributed by atoms with Crippen molar-refractivity contribution in [2.75, 3.05) is 24.2 Å². The zero-order valence-corrected chi connectivity index (χ0v) is 17.9. The van der Waals surface area contributed by atoms with E-state index >= 15 is 0 Å². The summed E-state index contributed by atoms with van der Waals surface area (Å²) in [5.41, 5.74) is 2.96. The van der Waals surface area contributed by atoms with E-state index in [-0.39, 0.29) is 11.8 Å². The summed E-state index contributed by atoms with van der Waals surface area (Å²) in [5.74, 6) is 0.803. The van der Waals surface area contributed by atoms with Gasteiger partial charge in [-0.1, -0.05) is 32.9 Å². The highest BCUT2D eigenvalue weighted by Gasteiger charge is 2.25. The molecule has 4 nitrogen and oxygen atoms in total. The molecular formula is C21H36N2O2S. The Hall–Kier alpha value is -1.07. The van der Waals surface area contributed by atoms with Crippen LogP contribution in [0.2, 0.25) is 0 Å². The average molecular weight is 381 g/mol. The average Bonchev–Trinajstić information content (AvgIpc) is 2.55. The molecule has 0 amide bonds. The van der Waals surface area contributed by atoms with Gasteiger partial charge in [0.25, 0.3) is 0 Å². The lowest BCUT2D eigenvalue weighted by atomic mass is 9.86. The molecular weight excluding hydrogens is 344 g/mol. The Kier molecular flexibility index (Phi) is 7.14. The van der Waals surface area contributed by atoms with Crippen LogP contribution in [0.5, 0.6) is 0 Å². The van der Waals surface area contributed by atoms with Gasteiger partial charge in [-0.25, -0.2) is 13.1 Å². The molecule has 0 aromatic heterocycles. The minimum absolute atomic E-state index is 0.123. The molecule has 0 bridgehead atoms. The first-order valence-electron chi connectivity index (χ1n) is 9.88. The molecule has 1 N–H and O–H groups in total. The van der Waals surface area contributed by atoms with Crippen LogP contribution < -0.4 is 9.62 Å². The van der Waals surface area contributed by atoms with E-state index in [0.29, 0.717) is 11.3 Å². The molecule has 1 fully saturated rings. The van der Waals surface area contributed by atoms with Gasteiger partial charge in [0.2, 0.25) is 10.0 Å². The second kappa shape index (κ2) is 8.75. The monoisotopic (exact) mass is 380 g/mol. The lowest BCUT2D eigenvalue weighted by Gasteiger charge is -2.32. The highest BCUT2D eigenvalue weighted by molar-refractivity contribution is 7.89. The van der Waals surface area contributed by atoms with Crippen molar-refractivity contribution in [1.29, 1.82) is 0 Å². The van der Waals surface area contributed by atoms with Crippen molar-refractivity contribution in [2.45, 2.75) is 65.8 Å². The Morgan fingerprint density at radius 1 is 1.08 bits per heavy atom. The Balaban J connectivity index is 1.82. The molecule has 0 heterocycles. The Labute approximate surface area is 160 Å². The summed E-state index contributed by atoms with van der Waals surface area (Å²) in [4.78, 5) is 2.34. The maximum atomic E-state index is 11.7. The predicted octanol–water partition coefficient (Wildman–Crippen LogP) is 4.21. The molecule has 0 radical (unpaired) electrons. The van der Waals surface area contributed by atoms with Crippen LogP contribution >= 0.6 is 0 Å². The zero-order valence-electron chi connectivity index (χ0n) is 17.1. The van der Waals surface area contributed by atoms with Crippen molar-refractivity contribution in [1.82, 2.24) is 4.72 Å². The molecule has 0 aliphatic heterocycles. The van der Waals surface area contributed by atoms with Crippen LogP contribution in [0.3, 0.4) is 0 Å². The van der Waals surface area contributed by atoms with Crippen molar-refractivity contribution >= 4 is 15.7 Å². The standard InChI is InChI=1S/C21H36N2O2S/c1-6-26(24,25)22-19-11-7-18(8-12-19)16-23(5)20-13-9-17(10-14-20)15-21(2,3)4/h9-10,13-14,18-19,22H,6-8,11-12,15-16H2,1-5H3. The summed E-state index contributed by atoms with van der Waals surface area (Å²) in [6.45, 7) is 9.53. The summed E-state index contributed by atoms with van der Waals surface area (Å²) in [7, 11) is -0.923. The number of nitrogens with one attached hydrogen (secondary N) is 1. The lowest BCUT2D eigenvalue weighted by molar-refractivity contribution is 0.316. The number of sulfonamides is 1. The SMILES string of the molecule is CCS(=O)(=O)NC1CCC(CN(C)c2ccc(CC(C)(C)C)cc2)CC1. The Morgan fingerprint density at radius 2 is 1.65 bits per heavy atom. The third-order valence-corrected chi connectivity index (χ3v) is 6.67. The number of rotatable bonds is 7. The van der Waals surface area contributed by atoms with Crippen molar-refractivity contribution < 1.29 is 8.42 Å². The molecule has 0 spiro atoms. The maximum absolute atomic E-state index is 11.7. The Bertz CT molecular complexity index is 654. The molecule has 1 aliphatic rings. The van der Waals surface area contributed by atoms with E-state index in [9.17, 15) is 8.42 Å². The molecule has 2 rings (SSSR count). The second-order valence-corrected chi connectivity index (χ2v) is 11.1. The largest absolute Gasteiger partial charge is 0.374 e. The van der Waals surface area contributed by atoms with Gasteiger partial charge in [0.05, 0.1) is 5.75 Å². The van der Waals surface area contributed by atoms with E-state index in [4.69, 9.17) is 0 Å². The molecule has 1 aliphatic carbocycles. The van der Waals surface area contributed by atoms with Crippen molar-refractivity contribution in [3.05, 3.63) is 29.8 Å². The molecule has 0 unspecified atom stereocenters. The van der Waals surface area contributed by atoms with E-state index < -0.39 is 10.0 Å². The topological polar surface area (TPSA) is 49.4 Å². The predicted molar refractivity (Wildman–Crippen MR) is 111 cm³/mol. The summed E-state index contributed by atoms with van der Waals surface area (Å²) >= 11 is 0. The van der Waals surface area contributed by atoms with Crippen LogP contribution in [0, 0.1) is 11.3 Å². The van der Waals surface area contributed by atoms with Crippen LogP contribution in [0.1, 0.15) is 58.9 Å². The van der Waals surface area contributed by atoms with E-state index in [1.54, 1.807) is 6.92 Å². The summed E-state index contributed by atoms with van der Waals surface area (Å²) in [6, 6.07) is 9.06. The van der Waals surface area contributed by atoms with Crippen LogP contribution in [-0.2, 0) is 16.4 Å². The number of hydrogen-bond acceptors (Lipinski definition) is 3. The molecule has 1 aromatic carbocycles. The number of nitrogens with zero attached hydrogens (tertiary/aromatic N) is 1. The number of benzene rings is 1. The van der Waals surface area contributed by atoms with Gasteiger partial charge in [-0.05, 0) is 68.1 Å².